The topological polar surface area (TPSA) is 49.4 Å². The van der Waals surface area contributed by atoms with Crippen LogP contribution in [0.4, 0.5) is 0 Å². The van der Waals surface area contributed by atoms with E-state index in [1.54, 1.807) is 0 Å². The summed E-state index contributed by atoms with van der Waals surface area (Å²) < 4.78 is 23.5. The molecule has 1 N–H and O–H groups in total. The molecule has 4 nitrogen and oxygen atoms in total. The number of sulfone groups is 1. The van der Waals surface area contributed by atoms with E-state index < -0.39 is 9.84 Å². The Morgan fingerprint density at radius 3 is 2.60 bits per heavy atom. The van der Waals surface area contributed by atoms with E-state index in [0.29, 0.717) is 5.75 Å². The van der Waals surface area contributed by atoms with Crippen molar-refractivity contribution in [3.05, 3.63) is 35.9 Å². The van der Waals surface area contributed by atoms with Gasteiger partial charge >= 0.3 is 0 Å². The van der Waals surface area contributed by atoms with Gasteiger partial charge < -0.3 is 10.2 Å². The van der Waals surface area contributed by atoms with Gasteiger partial charge in [-0.05, 0) is 32.5 Å². The van der Waals surface area contributed by atoms with Crippen molar-refractivity contribution >= 4 is 9.84 Å². The standard InChI is InChI=1S/C15H24N2O2S/c1-17(2)11-15(13-7-4-3-5-8-13)16-14-9-6-10-20(18,19)12-14/h3-5,7-8,14-16H,6,9-12H2,1-2H3. The average Bonchev–Trinajstić information content (AvgIpc) is 2.37. The maximum absolute atomic E-state index is 11.8. The third-order valence-corrected chi connectivity index (χ3v) is 5.47. The molecule has 1 aromatic carbocycles. The van der Waals surface area contributed by atoms with Gasteiger partial charge in [0.05, 0.1) is 11.5 Å². The lowest BCUT2D eigenvalue weighted by atomic mass is 10.0. The van der Waals surface area contributed by atoms with Gasteiger partial charge in [0.15, 0.2) is 9.84 Å². The molecule has 1 heterocycles. The lowest BCUT2D eigenvalue weighted by Gasteiger charge is -2.30. The molecule has 2 atom stereocenters. The number of nitrogens with zero attached hydrogens (tertiary/aromatic N) is 1. The van der Waals surface area contributed by atoms with E-state index in [2.05, 4.69) is 22.3 Å². The maximum atomic E-state index is 11.8. The van der Waals surface area contributed by atoms with Gasteiger partial charge in [0.25, 0.3) is 0 Å². The van der Waals surface area contributed by atoms with E-state index in [9.17, 15) is 8.42 Å². The molecule has 112 valence electrons. The fourth-order valence-corrected chi connectivity index (χ4v) is 4.39. The number of rotatable bonds is 5. The lowest BCUT2D eigenvalue weighted by molar-refractivity contribution is 0.317. The van der Waals surface area contributed by atoms with Crippen LogP contribution in [0.1, 0.15) is 24.4 Å². The molecule has 1 aromatic rings. The van der Waals surface area contributed by atoms with Crippen LogP contribution in [0.15, 0.2) is 30.3 Å². The molecule has 0 saturated carbocycles. The Bertz CT molecular complexity index is 514. The van der Waals surface area contributed by atoms with Gasteiger partial charge in [-0.1, -0.05) is 30.3 Å². The molecule has 0 bridgehead atoms. The third kappa shape index (κ3) is 4.58. The summed E-state index contributed by atoms with van der Waals surface area (Å²) in [4.78, 5) is 2.13. The second-order valence-corrected chi connectivity index (χ2v) is 8.07. The van der Waals surface area contributed by atoms with Crippen molar-refractivity contribution < 1.29 is 8.42 Å². The van der Waals surface area contributed by atoms with Crippen LogP contribution in [-0.4, -0.2) is 51.5 Å². The van der Waals surface area contributed by atoms with Gasteiger partial charge in [0, 0.05) is 18.6 Å². The number of nitrogens with one attached hydrogen (secondary N) is 1. The monoisotopic (exact) mass is 296 g/mol. The quantitative estimate of drug-likeness (QED) is 0.893. The molecule has 20 heavy (non-hydrogen) atoms. The van der Waals surface area contributed by atoms with Crippen LogP contribution in [0, 0.1) is 0 Å². The van der Waals surface area contributed by atoms with Crippen LogP contribution in [0.25, 0.3) is 0 Å². The lowest BCUT2D eigenvalue weighted by Crippen LogP contribution is -2.44. The van der Waals surface area contributed by atoms with Crippen LogP contribution in [-0.2, 0) is 9.84 Å². The Morgan fingerprint density at radius 2 is 2.00 bits per heavy atom. The molecule has 1 fully saturated rings. The molecule has 1 aliphatic heterocycles. The van der Waals surface area contributed by atoms with E-state index in [0.717, 1.165) is 19.4 Å². The number of likely N-dealkylation sites (N-methyl/N-ethyl adjacent to an activating group) is 1. The van der Waals surface area contributed by atoms with Crippen molar-refractivity contribution in [3.63, 3.8) is 0 Å². The summed E-state index contributed by atoms with van der Waals surface area (Å²) in [5.41, 5.74) is 1.21. The highest BCUT2D eigenvalue weighted by atomic mass is 32.2. The van der Waals surface area contributed by atoms with E-state index in [1.165, 1.54) is 5.56 Å². The normalized spacial score (nSPS) is 23.6. The smallest absolute Gasteiger partial charge is 0.151 e. The molecule has 5 heteroatoms. The minimum atomic E-state index is -2.86. The molecular formula is C15H24N2O2S. The highest BCUT2D eigenvalue weighted by Crippen LogP contribution is 2.19. The number of hydrogen-bond acceptors (Lipinski definition) is 4. The zero-order valence-corrected chi connectivity index (χ0v) is 13.1. The molecule has 1 saturated heterocycles. The van der Waals surface area contributed by atoms with E-state index in [-0.39, 0.29) is 17.8 Å². The average molecular weight is 296 g/mol. The van der Waals surface area contributed by atoms with E-state index >= 15 is 0 Å². The summed E-state index contributed by atoms with van der Waals surface area (Å²) >= 11 is 0. The van der Waals surface area contributed by atoms with Crippen molar-refractivity contribution in [2.75, 3.05) is 32.1 Å². The Labute approximate surface area is 122 Å². The van der Waals surface area contributed by atoms with Crippen LogP contribution < -0.4 is 5.32 Å². The fraction of sp³-hybridized carbons (Fsp3) is 0.600. The highest BCUT2D eigenvalue weighted by molar-refractivity contribution is 7.91. The first-order valence-corrected chi connectivity index (χ1v) is 8.94. The summed E-state index contributed by atoms with van der Waals surface area (Å²) in [6.45, 7) is 0.862. The Balaban J connectivity index is 2.08. The summed E-state index contributed by atoms with van der Waals surface area (Å²) in [6.07, 6.45) is 1.71. The first-order chi connectivity index (χ1) is 9.46. The van der Waals surface area contributed by atoms with E-state index in [1.807, 2.05) is 32.3 Å². The first kappa shape index (κ1) is 15.5. The zero-order valence-electron chi connectivity index (χ0n) is 12.2. The van der Waals surface area contributed by atoms with Crippen molar-refractivity contribution in [2.24, 2.45) is 0 Å². The largest absolute Gasteiger partial charge is 0.308 e. The zero-order chi connectivity index (χ0) is 14.6. The van der Waals surface area contributed by atoms with E-state index in [4.69, 9.17) is 0 Å². The molecule has 1 aliphatic rings. The summed E-state index contributed by atoms with van der Waals surface area (Å²) in [5, 5.41) is 3.54. The Kier molecular flexibility index (Phi) is 5.18. The molecule has 2 unspecified atom stereocenters. The van der Waals surface area contributed by atoms with Gasteiger partial charge in [0.2, 0.25) is 0 Å². The van der Waals surface area contributed by atoms with Crippen LogP contribution in [0.3, 0.4) is 0 Å². The third-order valence-electron chi connectivity index (χ3n) is 3.65. The molecule has 0 aromatic heterocycles. The number of benzene rings is 1. The molecule has 2 rings (SSSR count). The molecule has 0 aliphatic carbocycles. The Hall–Kier alpha value is -0.910. The number of hydrogen-bond donors (Lipinski definition) is 1. The van der Waals surface area contributed by atoms with Crippen molar-refractivity contribution in [1.29, 1.82) is 0 Å². The predicted octanol–water partition coefficient (Wildman–Crippen LogP) is 1.46. The fourth-order valence-electron chi connectivity index (χ4n) is 2.74. The van der Waals surface area contributed by atoms with Gasteiger partial charge in [-0.3, -0.25) is 0 Å². The minimum Gasteiger partial charge on any atom is -0.308 e. The van der Waals surface area contributed by atoms with Gasteiger partial charge in [-0.25, -0.2) is 8.42 Å². The Morgan fingerprint density at radius 1 is 1.30 bits per heavy atom. The summed E-state index contributed by atoms with van der Waals surface area (Å²) in [7, 11) is 1.21. The van der Waals surface area contributed by atoms with Crippen molar-refractivity contribution in [2.45, 2.75) is 24.9 Å². The first-order valence-electron chi connectivity index (χ1n) is 7.12. The van der Waals surface area contributed by atoms with Gasteiger partial charge in [-0.2, -0.15) is 0 Å². The molecule has 0 amide bonds. The SMILES string of the molecule is CN(C)CC(NC1CCCS(=O)(=O)C1)c1ccccc1. The molecule has 0 radical (unpaired) electrons. The molecule has 0 spiro atoms. The second kappa shape index (κ2) is 6.70. The summed E-state index contributed by atoms with van der Waals surface area (Å²) in [5.74, 6) is 0.610. The van der Waals surface area contributed by atoms with Crippen molar-refractivity contribution in [3.8, 4) is 0 Å². The van der Waals surface area contributed by atoms with Gasteiger partial charge in [0.1, 0.15) is 0 Å². The van der Waals surface area contributed by atoms with Gasteiger partial charge in [-0.15, -0.1) is 0 Å². The van der Waals surface area contributed by atoms with Crippen LogP contribution >= 0.6 is 0 Å². The summed E-state index contributed by atoms with van der Waals surface area (Å²) in [6, 6.07) is 10.5. The maximum Gasteiger partial charge on any atom is 0.151 e. The van der Waals surface area contributed by atoms with Crippen LogP contribution in [0.2, 0.25) is 0 Å². The van der Waals surface area contributed by atoms with Crippen molar-refractivity contribution in [1.82, 2.24) is 10.2 Å². The van der Waals surface area contributed by atoms with Crippen LogP contribution in [0.5, 0.6) is 0 Å². The minimum absolute atomic E-state index is 0.0684. The predicted molar refractivity (Wildman–Crippen MR) is 82.5 cm³/mol. The second-order valence-electron chi connectivity index (χ2n) is 5.85. The highest BCUT2D eigenvalue weighted by Gasteiger charge is 2.27. The molecular weight excluding hydrogens is 272 g/mol.